The summed E-state index contributed by atoms with van der Waals surface area (Å²) in [7, 11) is -3.55. The van der Waals surface area contributed by atoms with E-state index in [-0.39, 0.29) is 10.8 Å². The van der Waals surface area contributed by atoms with Crippen molar-refractivity contribution in [3.8, 4) is 0 Å². The van der Waals surface area contributed by atoms with Crippen LogP contribution in [-0.2, 0) is 10.0 Å². The van der Waals surface area contributed by atoms with Crippen molar-refractivity contribution in [3.05, 3.63) is 58.7 Å². The van der Waals surface area contributed by atoms with E-state index < -0.39 is 10.0 Å². The van der Waals surface area contributed by atoms with Crippen molar-refractivity contribution in [1.82, 2.24) is 4.31 Å². The molecule has 0 aromatic heterocycles. The number of hydrogen-bond donors (Lipinski definition) is 1. The maximum atomic E-state index is 12.8. The molecule has 26 heavy (non-hydrogen) atoms. The molecule has 6 heteroatoms. The first kappa shape index (κ1) is 18.6. The average molecular weight is 372 g/mol. The number of hydrogen-bond acceptors (Lipinski definition) is 3. The highest BCUT2D eigenvalue weighted by molar-refractivity contribution is 7.89. The third-order valence-corrected chi connectivity index (χ3v) is 6.90. The molecule has 5 nitrogen and oxygen atoms in total. The summed E-state index contributed by atoms with van der Waals surface area (Å²) in [6.07, 6.45) is 1.76. The molecule has 138 valence electrons. The van der Waals surface area contributed by atoms with Crippen LogP contribution in [0.15, 0.2) is 41.3 Å². The number of nitrogens with one attached hydrogen (secondary N) is 1. The molecule has 1 amide bonds. The Morgan fingerprint density at radius 2 is 1.69 bits per heavy atom. The first-order valence-corrected chi connectivity index (χ1v) is 10.2. The predicted molar refractivity (Wildman–Crippen MR) is 103 cm³/mol. The topological polar surface area (TPSA) is 66.5 Å². The van der Waals surface area contributed by atoms with E-state index in [1.807, 2.05) is 39.0 Å². The van der Waals surface area contributed by atoms with Crippen LogP contribution < -0.4 is 5.32 Å². The summed E-state index contributed by atoms with van der Waals surface area (Å²) in [5.74, 6) is -0.297. The number of nitrogens with zero attached hydrogens (tertiary/aromatic N) is 1. The minimum absolute atomic E-state index is 0.177. The van der Waals surface area contributed by atoms with E-state index in [2.05, 4.69) is 5.32 Å². The van der Waals surface area contributed by atoms with Crippen LogP contribution in [-0.4, -0.2) is 31.7 Å². The molecule has 1 N–H and O–H groups in total. The maximum absolute atomic E-state index is 12.8. The van der Waals surface area contributed by atoms with Gasteiger partial charge in [0.2, 0.25) is 10.0 Å². The lowest BCUT2D eigenvalue weighted by atomic mass is 10.1. The molecule has 0 radical (unpaired) electrons. The van der Waals surface area contributed by atoms with Crippen LogP contribution in [0.1, 0.15) is 39.9 Å². The van der Waals surface area contributed by atoms with E-state index in [0.29, 0.717) is 18.7 Å². The molecule has 0 bridgehead atoms. The van der Waals surface area contributed by atoms with E-state index in [9.17, 15) is 13.2 Å². The Kier molecular flexibility index (Phi) is 5.16. The third kappa shape index (κ3) is 3.52. The van der Waals surface area contributed by atoms with E-state index in [1.54, 1.807) is 12.1 Å². The molecule has 1 heterocycles. The number of anilines is 1. The van der Waals surface area contributed by atoms with Crippen molar-refractivity contribution in [2.24, 2.45) is 0 Å². The lowest BCUT2D eigenvalue weighted by molar-refractivity contribution is 0.102. The number of aryl methyl sites for hydroxylation is 2. The zero-order valence-corrected chi connectivity index (χ0v) is 16.2. The molecular weight excluding hydrogens is 348 g/mol. The maximum Gasteiger partial charge on any atom is 0.255 e. The first-order chi connectivity index (χ1) is 12.3. The zero-order valence-electron chi connectivity index (χ0n) is 15.4. The van der Waals surface area contributed by atoms with E-state index in [4.69, 9.17) is 0 Å². The number of carbonyl (C=O) groups is 1. The molecule has 0 saturated carbocycles. The Balaban J connectivity index is 1.92. The second kappa shape index (κ2) is 7.21. The van der Waals surface area contributed by atoms with Crippen LogP contribution >= 0.6 is 0 Å². The monoisotopic (exact) mass is 372 g/mol. The Morgan fingerprint density at radius 1 is 1.00 bits per heavy atom. The molecule has 2 aromatic carbocycles. The summed E-state index contributed by atoms with van der Waals surface area (Å²) in [4.78, 5) is 13.0. The highest BCUT2D eigenvalue weighted by Gasteiger charge is 2.28. The Bertz CT molecular complexity index is 946. The van der Waals surface area contributed by atoms with E-state index in [1.165, 1.54) is 10.4 Å². The molecule has 1 aliphatic heterocycles. The largest absolute Gasteiger partial charge is 0.322 e. The number of amides is 1. The zero-order chi connectivity index (χ0) is 18.9. The molecular formula is C20H24N2O3S. The minimum Gasteiger partial charge on any atom is -0.322 e. The Labute approximate surface area is 155 Å². The normalized spacial score (nSPS) is 15.2. The van der Waals surface area contributed by atoms with Crippen molar-refractivity contribution < 1.29 is 13.2 Å². The number of rotatable bonds is 4. The fourth-order valence-electron chi connectivity index (χ4n) is 3.16. The molecule has 0 atom stereocenters. The van der Waals surface area contributed by atoms with Crippen LogP contribution in [0.3, 0.4) is 0 Å². The quantitative estimate of drug-likeness (QED) is 0.891. The highest BCUT2D eigenvalue weighted by Crippen LogP contribution is 2.24. The van der Waals surface area contributed by atoms with Gasteiger partial charge in [0, 0.05) is 24.3 Å². The summed E-state index contributed by atoms with van der Waals surface area (Å²) in [5, 5.41) is 2.91. The van der Waals surface area contributed by atoms with Crippen LogP contribution in [0.2, 0.25) is 0 Å². The smallest absolute Gasteiger partial charge is 0.255 e. The van der Waals surface area contributed by atoms with Gasteiger partial charge in [0.25, 0.3) is 5.91 Å². The fourth-order valence-corrected chi connectivity index (χ4v) is 4.70. The summed E-state index contributed by atoms with van der Waals surface area (Å²) in [6.45, 7) is 6.83. The third-order valence-electron chi connectivity index (χ3n) is 5.01. The van der Waals surface area contributed by atoms with Gasteiger partial charge in [-0.15, -0.1) is 0 Å². The van der Waals surface area contributed by atoms with Gasteiger partial charge < -0.3 is 5.32 Å². The van der Waals surface area contributed by atoms with Crippen molar-refractivity contribution in [2.45, 2.75) is 38.5 Å². The van der Waals surface area contributed by atoms with Gasteiger partial charge in [-0.3, -0.25) is 4.79 Å². The summed E-state index contributed by atoms with van der Waals surface area (Å²) >= 11 is 0. The standard InChI is InChI=1S/C20H24N2O3S/c1-14-7-6-8-19(16(14)3)21-20(23)18-13-17(10-9-15(18)2)26(24,25)22-11-4-5-12-22/h6-10,13H,4-5,11-12H2,1-3H3,(H,21,23). The second-order valence-corrected chi connectivity index (χ2v) is 8.73. The molecule has 0 aliphatic carbocycles. The van der Waals surface area contributed by atoms with Gasteiger partial charge in [-0.1, -0.05) is 18.2 Å². The van der Waals surface area contributed by atoms with Crippen molar-refractivity contribution >= 4 is 21.6 Å². The van der Waals surface area contributed by atoms with E-state index >= 15 is 0 Å². The predicted octanol–water partition coefficient (Wildman–Crippen LogP) is 3.65. The minimum atomic E-state index is -3.55. The summed E-state index contributed by atoms with van der Waals surface area (Å²) in [6, 6.07) is 10.5. The SMILES string of the molecule is Cc1ccc(S(=O)(=O)N2CCCC2)cc1C(=O)Nc1cccc(C)c1C. The van der Waals surface area contributed by atoms with Gasteiger partial charge in [0.15, 0.2) is 0 Å². The molecule has 2 aromatic rings. The van der Waals surface area contributed by atoms with Crippen LogP contribution in [0.5, 0.6) is 0 Å². The molecule has 0 spiro atoms. The Hall–Kier alpha value is -2.18. The molecule has 1 aliphatic rings. The molecule has 3 rings (SSSR count). The van der Waals surface area contributed by atoms with Gasteiger partial charge in [0.1, 0.15) is 0 Å². The molecule has 1 saturated heterocycles. The van der Waals surface area contributed by atoms with Gasteiger partial charge >= 0.3 is 0 Å². The molecule has 0 unspecified atom stereocenters. The van der Waals surface area contributed by atoms with Crippen LogP contribution in [0.25, 0.3) is 0 Å². The summed E-state index contributed by atoms with van der Waals surface area (Å²) in [5.41, 5.74) is 3.95. The van der Waals surface area contributed by atoms with Crippen LogP contribution in [0.4, 0.5) is 5.69 Å². The number of sulfonamides is 1. The van der Waals surface area contributed by atoms with Gasteiger partial charge in [0.05, 0.1) is 4.90 Å². The van der Waals surface area contributed by atoms with Crippen LogP contribution in [0, 0.1) is 20.8 Å². The first-order valence-electron chi connectivity index (χ1n) is 8.79. The van der Waals surface area contributed by atoms with Crippen molar-refractivity contribution in [3.63, 3.8) is 0 Å². The summed E-state index contributed by atoms with van der Waals surface area (Å²) < 4.78 is 27.0. The lowest BCUT2D eigenvalue weighted by Gasteiger charge is -2.17. The van der Waals surface area contributed by atoms with Gasteiger partial charge in [-0.25, -0.2) is 8.42 Å². The lowest BCUT2D eigenvalue weighted by Crippen LogP contribution is -2.28. The fraction of sp³-hybridized carbons (Fsp3) is 0.350. The van der Waals surface area contributed by atoms with Gasteiger partial charge in [-0.2, -0.15) is 4.31 Å². The molecule has 1 fully saturated rings. The second-order valence-electron chi connectivity index (χ2n) is 6.79. The van der Waals surface area contributed by atoms with E-state index in [0.717, 1.165) is 35.2 Å². The number of carbonyl (C=O) groups excluding carboxylic acids is 1. The van der Waals surface area contributed by atoms with Crippen molar-refractivity contribution in [1.29, 1.82) is 0 Å². The number of benzene rings is 2. The highest BCUT2D eigenvalue weighted by atomic mass is 32.2. The van der Waals surface area contributed by atoms with Crippen molar-refractivity contribution in [2.75, 3.05) is 18.4 Å². The Morgan fingerprint density at radius 3 is 2.38 bits per heavy atom. The van der Waals surface area contributed by atoms with Gasteiger partial charge in [-0.05, 0) is 68.5 Å². The average Bonchev–Trinajstić information content (AvgIpc) is 3.14.